The number of unbranched alkanes of at least 4 members (excludes halogenated alkanes) is 13. The van der Waals surface area contributed by atoms with Crippen molar-refractivity contribution in [2.75, 3.05) is 26.4 Å². The molecule has 0 aromatic rings. The molecule has 204 valence electrons. The number of ether oxygens (including phenoxy) is 3. The van der Waals surface area contributed by atoms with Crippen LogP contribution in [0.25, 0.3) is 0 Å². The highest BCUT2D eigenvalue weighted by Gasteiger charge is 2.26. The van der Waals surface area contributed by atoms with E-state index in [0.717, 1.165) is 38.6 Å². The molecule has 0 heterocycles. The molecular weight excluding hydrogens is 410 g/mol. The molecule has 0 aromatic heterocycles. The average Bonchev–Trinajstić information content (AvgIpc) is 2.83. The van der Waals surface area contributed by atoms with Gasteiger partial charge in [-0.1, -0.05) is 125 Å². The minimum absolute atomic E-state index is 0.686. The Labute approximate surface area is 210 Å². The fourth-order valence-electron chi connectivity index (χ4n) is 3.23. The topological polar surface area (TPSA) is 53.7 Å². The summed E-state index contributed by atoms with van der Waals surface area (Å²) in [5.41, 5.74) is 5.52. The molecule has 0 unspecified atom stereocenters. The lowest BCUT2D eigenvalue weighted by Gasteiger charge is -2.30. The van der Waals surface area contributed by atoms with Crippen molar-refractivity contribution in [2.45, 2.75) is 164 Å². The first-order chi connectivity index (χ1) is 16.1. The van der Waals surface area contributed by atoms with E-state index in [1.807, 2.05) is 20.8 Å². The molecule has 0 atom stereocenters. The highest BCUT2D eigenvalue weighted by atomic mass is 16.9. The van der Waals surface area contributed by atoms with E-state index < -0.39 is 5.97 Å². The van der Waals surface area contributed by atoms with Crippen LogP contribution in [0.15, 0.2) is 0 Å². The van der Waals surface area contributed by atoms with E-state index in [1.54, 1.807) is 0 Å². The van der Waals surface area contributed by atoms with Crippen LogP contribution in [-0.4, -0.2) is 32.3 Å². The van der Waals surface area contributed by atoms with E-state index in [9.17, 15) is 0 Å². The summed E-state index contributed by atoms with van der Waals surface area (Å²) in [7, 11) is 0. The Morgan fingerprint density at radius 3 is 1.03 bits per heavy atom. The van der Waals surface area contributed by atoms with E-state index >= 15 is 0 Å². The second kappa shape index (κ2) is 34.0. The first-order valence-corrected chi connectivity index (χ1v) is 14.7. The van der Waals surface area contributed by atoms with Gasteiger partial charge in [0.05, 0.1) is 19.8 Å². The Morgan fingerprint density at radius 1 is 0.455 bits per heavy atom. The molecule has 0 saturated heterocycles. The molecule has 0 spiro atoms. The van der Waals surface area contributed by atoms with Crippen LogP contribution in [0.1, 0.15) is 158 Å². The smallest absolute Gasteiger partial charge is 0.279 e. The van der Waals surface area contributed by atoms with Gasteiger partial charge in [0.2, 0.25) is 0 Å². The van der Waals surface area contributed by atoms with Gasteiger partial charge in [-0.05, 0) is 32.2 Å². The summed E-state index contributed by atoms with van der Waals surface area (Å²) in [5.74, 6) is -0.883. The van der Waals surface area contributed by atoms with Crippen LogP contribution in [0, 0.1) is 0 Å². The van der Waals surface area contributed by atoms with Crippen molar-refractivity contribution in [3.8, 4) is 0 Å². The Bertz CT molecular complexity index is 295. The van der Waals surface area contributed by atoms with E-state index in [4.69, 9.17) is 19.9 Å². The molecule has 0 bridgehead atoms. The lowest BCUT2D eigenvalue weighted by molar-refractivity contribution is -0.370. The van der Waals surface area contributed by atoms with Crippen molar-refractivity contribution in [3.05, 3.63) is 0 Å². The van der Waals surface area contributed by atoms with Crippen LogP contribution < -0.4 is 5.73 Å². The van der Waals surface area contributed by atoms with E-state index in [1.165, 1.54) is 77.0 Å². The zero-order chi connectivity index (χ0) is 25.5. The fourth-order valence-corrected chi connectivity index (χ4v) is 3.23. The molecule has 0 radical (unpaired) electrons. The lowest BCUT2D eigenvalue weighted by atomic mass is 10.2. The molecule has 4 nitrogen and oxygen atoms in total. The molecule has 0 aliphatic rings. The van der Waals surface area contributed by atoms with Gasteiger partial charge < -0.3 is 19.9 Å². The Morgan fingerprint density at radius 2 is 0.727 bits per heavy atom. The van der Waals surface area contributed by atoms with Gasteiger partial charge in [-0.15, -0.1) is 0 Å². The normalized spacial score (nSPS) is 10.9. The summed E-state index contributed by atoms with van der Waals surface area (Å²) in [4.78, 5) is 0. The second-order valence-corrected chi connectivity index (χ2v) is 8.79. The molecule has 0 aromatic carbocycles. The van der Waals surface area contributed by atoms with Crippen molar-refractivity contribution in [2.24, 2.45) is 5.73 Å². The summed E-state index contributed by atoms with van der Waals surface area (Å²) < 4.78 is 17.8. The van der Waals surface area contributed by atoms with Gasteiger partial charge in [-0.25, -0.2) is 0 Å². The monoisotopic (exact) mass is 475 g/mol. The number of rotatable bonds is 23. The highest BCUT2D eigenvalue weighted by molar-refractivity contribution is 4.53. The molecule has 0 fully saturated rings. The van der Waals surface area contributed by atoms with Crippen LogP contribution in [0.4, 0.5) is 0 Å². The third-order valence-corrected chi connectivity index (χ3v) is 5.39. The van der Waals surface area contributed by atoms with Crippen LogP contribution in [0.3, 0.4) is 0 Å². The van der Waals surface area contributed by atoms with E-state index in [2.05, 4.69) is 27.7 Å². The van der Waals surface area contributed by atoms with Crippen molar-refractivity contribution >= 4 is 0 Å². The molecule has 0 aliphatic heterocycles. The van der Waals surface area contributed by atoms with Crippen molar-refractivity contribution in [1.82, 2.24) is 0 Å². The number of hydrogen-bond acceptors (Lipinski definition) is 4. The van der Waals surface area contributed by atoms with Crippen molar-refractivity contribution in [1.29, 1.82) is 0 Å². The maximum absolute atomic E-state index is 5.95. The largest absolute Gasteiger partial charge is 0.330 e. The van der Waals surface area contributed by atoms with Gasteiger partial charge in [-0.2, -0.15) is 0 Å². The molecule has 33 heavy (non-hydrogen) atoms. The molecule has 0 rings (SSSR count). The van der Waals surface area contributed by atoms with Crippen LogP contribution >= 0.6 is 0 Å². The molecular formula is C29H65NO3. The van der Waals surface area contributed by atoms with Crippen LogP contribution in [-0.2, 0) is 14.2 Å². The minimum atomic E-state index is -0.883. The summed E-state index contributed by atoms with van der Waals surface area (Å²) in [6.45, 7) is 17.7. The van der Waals surface area contributed by atoms with Crippen molar-refractivity contribution in [3.63, 3.8) is 0 Å². The van der Waals surface area contributed by atoms with Gasteiger partial charge in [0.25, 0.3) is 5.97 Å². The Hall–Kier alpha value is -0.160. The van der Waals surface area contributed by atoms with E-state index in [0.29, 0.717) is 19.8 Å². The zero-order valence-corrected chi connectivity index (χ0v) is 24.2. The van der Waals surface area contributed by atoms with E-state index in [-0.39, 0.29) is 0 Å². The average molecular weight is 476 g/mol. The van der Waals surface area contributed by atoms with Crippen LogP contribution in [0.2, 0.25) is 0 Å². The summed E-state index contributed by atoms with van der Waals surface area (Å²) in [6.07, 6.45) is 21.0. The molecule has 0 amide bonds. The molecule has 2 N–H and O–H groups in total. The predicted molar refractivity (Wildman–Crippen MR) is 148 cm³/mol. The van der Waals surface area contributed by atoms with Gasteiger partial charge in [0.15, 0.2) is 0 Å². The fraction of sp³-hybridized carbons (Fsp3) is 1.00. The maximum Gasteiger partial charge on any atom is 0.279 e. The van der Waals surface area contributed by atoms with Gasteiger partial charge in [-0.3, -0.25) is 0 Å². The Kier molecular flexibility index (Phi) is 38.5. The lowest BCUT2D eigenvalue weighted by Crippen LogP contribution is -2.37. The van der Waals surface area contributed by atoms with Gasteiger partial charge in [0, 0.05) is 6.92 Å². The SMILES string of the molecule is CC.CCCCCCC.CCCCCCOC(C)(OCCCCCC)OCCCCCCN. The van der Waals surface area contributed by atoms with Gasteiger partial charge in [0.1, 0.15) is 0 Å². The molecule has 4 heteroatoms. The third kappa shape index (κ3) is 34.1. The quantitative estimate of drug-likeness (QED) is 0.118. The summed E-state index contributed by atoms with van der Waals surface area (Å²) in [5, 5.41) is 0. The van der Waals surface area contributed by atoms with Gasteiger partial charge >= 0.3 is 0 Å². The zero-order valence-electron chi connectivity index (χ0n) is 24.2. The standard InChI is InChI=1S/C20H43NO3.C7H16.C2H6/c1-4-6-8-13-17-22-20(3,23-18-14-9-7-5-2)24-19-15-11-10-12-16-21;1-3-5-7-6-4-2;1-2/h4-19,21H2,1-3H3;3-7H2,1-2H3;1-2H3. The third-order valence-electron chi connectivity index (χ3n) is 5.39. The second-order valence-electron chi connectivity index (χ2n) is 8.79. The molecule has 0 aliphatic carbocycles. The summed E-state index contributed by atoms with van der Waals surface area (Å²) >= 11 is 0. The number of hydrogen-bond donors (Lipinski definition) is 1. The Balaban J connectivity index is -0.000000846. The molecule has 0 saturated carbocycles. The van der Waals surface area contributed by atoms with Crippen molar-refractivity contribution < 1.29 is 14.2 Å². The first kappa shape index (κ1) is 37.4. The summed E-state index contributed by atoms with van der Waals surface area (Å²) in [6, 6.07) is 0. The maximum atomic E-state index is 5.95. The highest BCUT2D eigenvalue weighted by Crippen LogP contribution is 2.18. The first-order valence-electron chi connectivity index (χ1n) is 14.7. The number of nitrogens with two attached hydrogens (primary N) is 1. The predicted octanol–water partition coefficient (Wildman–Crippen LogP) is 9.39. The minimum Gasteiger partial charge on any atom is -0.330 e. The van der Waals surface area contributed by atoms with Crippen LogP contribution in [0.5, 0.6) is 0 Å².